The zero-order chi connectivity index (χ0) is 11.1. The predicted molar refractivity (Wildman–Crippen MR) is 59.0 cm³/mol. The van der Waals surface area contributed by atoms with E-state index in [0.717, 1.165) is 18.4 Å². The molecule has 0 saturated carbocycles. The highest BCUT2D eigenvalue weighted by atomic mass is 19.1. The highest BCUT2D eigenvalue weighted by Gasteiger charge is 2.01. The van der Waals surface area contributed by atoms with Gasteiger partial charge in [-0.2, -0.15) is 0 Å². The summed E-state index contributed by atoms with van der Waals surface area (Å²) >= 11 is 0. The Bertz CT molecular complexity index is 273. The van der Waals surface area contributed by atoms with Gasteiger partial charge >= 0.3 is 0 Å². The molecule has 0 aliphatic heterocycles. The summed E-state index contributed by atoms with van der Waals surface area (Å²) in [5, 5.41) is 12.6. The fraction of sp³-hybridized carbons (Fsp3) is 0.500. The number of aliphatic hydroxyl groups excluding tert-OH is 1. The Kier molecular flexibility index (Phi) is 5.29. The van der Waals surface area contributed by atoms with E-state index < -0.39 is 0 Å². The highest BCUT2D eigenvalue weighted by molar-refractivity contribution is 5.15. The lowest BCUT2D eigenvalue weighted by Gasteiger charge is -2.10. The summed E-state index contributed by atoms with van der Waals surface area (Å²) in [6.07, 6.45) is 1.52. The third kappa shape index (κ3) is 4.91. The van der Waals surface area contributed by atoms with Gasteiger partial charge in [0.15, 0.2) is 0 Å². The molecule has 3 heteroatoms. The van der Waals surface area contributed by atoms with Crippen LogP contribution in [0.4, 0.5) is 4.39 Å². The Balaban J connectivity index is 2.22. The van der Waals surface area contributed by atoms with E-state index in [4.69, 9.17) is 0 Å². The molecule has 0 saturated heterocycles. The van der Waals surface area contributed by atoms with Crippen molar-refractivity contribution >= 4 is 0 Å². The van der Waals surface area contributed by atoms with Crippen molar-refractivity contribution in [2.75, 3.05) is 6.54 Å². The zero-order valence-electron chi connectivity index (χ0n) is 9.04. The molecule has 0 heterocycles. The molecule has 1 rings (SSSR count). The second kappa shape index (κ2) is 6.53. The van der Waals surface area contributed by atoms with E-state index in [2.05, 4.69) is 5.32 Å². The number of hydrogen-bond donors (Lipinski definition) is 2. The first-order chi connectivity index (χ1) is 7.22. The smallest absolute Gasteiger partial charge is 0.123 e. The number of nitrogens with one attached hydrogen (secondary N) is 1. The van der Waals surface area contributed by atoms with Crippen LogP contribution in [-0.2, 0) is 6.54 Å². The highest BCUT2D eigenvalue weighted by Crippen LogP contribution is 2.02. The molecule has 1 aromatic carbocycles. The molecule has 1 aromatic rings. The normalized spacial score (nSPS) is 12.7. The van der Waals surface area contributed by atoms with Crippen molar-refractivity contribution in [3.63, 3.8) is 0 Å². The lowest BCUT2D eigenvalue weighted by molar-refractivity contribution is 0.160. The fourth-order valence-electron chi connectivity index (χ4n) is 1.42. The molecule has 0 radical (unpaired) electrons. The van der Waals surface area contributed by atoms with Gasteiger partial charge in [0.25, 0.3) is 0 Å². The van der Waals surface area contributed by atoms with Crippen LogP contribution in [0.5, 0.6) is 0 Å². The summed E-state index contributed by atoms with van der Waals surface area (Å²) in [6, 6.07) is 6.38. The summed E-state index contributed by atoms with van der Waals surface area (Å²) < 4.78 is 12.6. The van der Waals surface area contributed by atoms with Crippen LogP contribution in [0.3, 0.4) is 0 Å². The van der Waals surface area contributed by atoms with Gasteiger partial charge in [-0.25, -0.2) is 4.39 Å². The summed E-state index contributed by atoms with van der Waals surface area (Å²) in [4.78, 5) is 0. The lowest BCUT2D eigenvalue weighted by Crippen LogP contribution is -2.26. The molecule has 15 heavy (non-hydrogen) atoms. The SMILES string of the molecule is CCCC(O)CNCc1ccc(F)cc1. The van der Waals surface area contributed by atoms with E-state index in [-0.39, 0.29) is 11.9 Å². The van der Waals surface area contributed by atoms with Crippen LogP contribution in [0.1, 0.15) is 25.3 Å². The van der Waals surface area contributed by atoms with Crippen molar-refractivity contribution in [1.29, 1.82) is 0 Å². The molecule has 2 N–H and O–H groups in total. The van der Waals surface area contributed by atoms with Gasteiger partial charge < -0.3 is 10.4 Å². The molecule has 2 nitrogen and oxygen atoms in total. The van der Waals surface area contributed by atoms with Gasteiger partial charge in [-0.15, -0.1) is 0 Å². The molecule has 0 spiro atoms. The quantitative estimate of drug-likeness (QED) is 0.755. The Labute approximate surface area is 90.1 Å². The fourth-order valence-corrected chi connectivity index (χ4v) is 1.42. The third-order valence-electron chi connectivity index (χ3n) is 2.24. The molecule has 0 amide bonds. The maximum absolute atomic E-state index is 12.6. The van der Waals surface area contributed by atoms with Crippen molar-refractivity contribution in [2.24, 2.45) is 0 Å². The van der Waals surface area contributed by atoms with Crippen molar-refractivity contribution in [3.05, 3.63) is 35.6 Å². The maximum atomic E-state index is 12.6. The number of halogens is 1. The van der Waals surface area contributed by atoms with Gasteiger partial charge in [-0.05, 0) is 24.1 Å². The second-order valence-corrected chi connectivity index (χ2v) is 3.70. The molecular formula is C12H18FNO. The van der Waals surface area contributed by atoms with Crippen molar-refractivity contribution in [2.45, 2.75) is 32.4 Å². The van der Waals surface area contributed by atoms with Crippen LogP contribution in [0, 0.1) is 5.82 Å². The number of benzene rings is 1. The van der Waals surface area contributed by atoms with Gasteiger partial charge in [0, 0.05) is 13.1 Å². The van der Waals surface area contributed by atoms with Gasteiger partial charge in [-0.3, -0.25) is 0 Å². The summed E-state index contributed by atoms with van der Waals surface area (Å²) in [5.74, 6) is -0.218. The molecule has 1 unspecified atom stereocenters. The standard InChI is InChI=1S/C12H18FNO/c1-2-3-12(15)9-14-8-10-4-6-11(13)7-5-10/h4-7,12,14-15H,2-3,8-9H2,1H3. The largest absolute Gasteiger partial charge is 0.392 e. The topological polar surface area (TPSA) is 32.3 Å². The van der Waals surface area contributed by atoms with Gasteiger partial charge in [0.1, 0.15) is 5.82 Å². The zero-order valence-corrected chi connectivity index (χ0v) is 9.04. The summed E-state index contributed by atoms with van der Waals surface area (Å²) in [5.41, 5.74) is 1.03. The van der Waals surface area contributed by atoms with E-state index >= 15 is 0 Å². The molecule has 84 valence electrons. The first-order valence-corrected chi connectivity index (χ1v) is 5.35. The minimum atomic E-state index is -0.282. The average molecular weight is 211 g/mol. The van der Waals surface area contributed by atoms with Crippen molar-refractivity contribution in [1.82, 2.24) is 5.32 Å². The molecule has 1 atom stereocenters. The molecule has 0 aliphatic carbocycles. The van der Waals surface area contributed by atoms with Crippen LogP contribution in [0.2, 0.25) is 0 Å². The van der Waals surface area contributed by atoms with Gasteiger partial charge in [0.2, 0.25) is 0 Å². The van der Waals surface area contributed by atoms with Crippen LogP contribution < -0.4 is 5.32 Å². The average Bonchev–Trinajstić information content (AvgIpc) is 2.21. The maximum Gasteiger partial charge on any atom is 0.123 e. The molecule has 0 bridgehead atoms. The molecule has 0 fully saturated rings. The monoisotopic (exact) mass is 211 g/mol. The van der Waals surface area contributed by atoms with E-state index in [0.29, 0.717) is 13.1 Å². The predicted octanol–water partition coefficient (Wildman–Crippen LogP) is 2.08. The Morgan fingerprint density at radius 1 is 1.33 bits per heavy atom. The first-order valence-electron chi connectivity index (χ1n) is 5.35. The van der Waals surface area contributed by atoms with Crippen LogP contribution >= 0.6 is 0 Å². The number of hydrogen-bond acceptors (Lipinski definition) is 2. The Morgan fingerprint density at radius 2 is 2.00 bits per heavy atom. The summed E-state index contributed by atoms with van der Waals surface area (Å²) in [6.45, 7) is 3.30. The van der Waals surface area contributed by atoms with Crippen molar-refractivity contribution in [3.8, 4) is 0 Å². The molecule has 0 aromatic heterocycles. The Morgan fingerprint density at radius 3 is 2.60 bits per heavy atom. The second-order valence-electron chi connectivity index (χ2n) is 3.70. The van der Waals surface area contributed by atoms with Crippen molar-refractivity contribution < 1.29 is 9.50 Å². The van der Waals surface area contributed by atoms with Crippen LogP contribution in [-0.4, -0.2) is 17.8 Å². The third-order valence-corrected chi connectivity index (χ3v) is 2.24. The van der Waals surface area contributed by atoms with E-state index in [1.807, 2.05) is 6.92 Å². The minimum Gasteiger partial charge on any atom is -0.392 e. The van der Waals surface area contributed by atoms with Crippen LogP contribution in [0.25, 0.3) is 0 Å². The Hall–Kier alpha value is -0.930. The number of rotatable bonds is 6. The lowest BCUT2D eigenvalue weighted by atomic mass is 10.2. The summed E-state index contributed by atoms with van der Waals surface area (Å²) in [7, 11) is 0. The van der Waals surface area contributed by atoms with E-state index in [1.165, 1.54) is 12.1 Å². The minimum absolute atomic E-state index is 0.218. The van der Waals surface area contributed by atoms with E-state index in [1.54, 1.807) is 12.1 Å². The first kappa shape index (κ1) is 12.1. The van der Waals surface area contributed by atoms with Gasteiger partial charge in [0.05, 0.1) is 6.10 Å². The number of aliphatic hydroxyl groups is 1. The van der Waals surface area contributed by atoms with E-state index in [9.17, 15) is 9.50 Å². The van der Waals surface area contributed by atoms with Crippen LogP contribution in [0.15, 0.2) is 24.3 Å². The molecular weight excluding hydrogens is 193 g/mol. The molecule has 0 aliphatic rings. The van der Waals surface area contributed by atoms with Gasteiger partial charge in [-0.1, -0.05) is 25.5 Å².